The van der Waals surface area contributed by atoms with Gasteiger partial charge in [0.05, 0.1) is 17.9 Å². The SMILES string of the molecule is CCCOc1ccc(Oc2c(CNC)c(C)nn2C)cc1. The topological polar surface area (TPSA) is 48.3 Å². The van der Waals surface area contributed by atoms with Crippen molar-refractivity contribution in [2.24, 2.45) is 7.05 Å². The minimum atomic E-state index is 0.729. The molecule has 0 aliphatic carbocycles. The maximum absolute atomic E-state index is 5.98. The second kappa shape index (κ2) is 7.13. The van der Waals surface area contributed by atoms with Gasteiger partial charge in [0.1, 0.15) is 11.5 Å². The van der Waals surface area contributed by atoms with Gasteiger partial charge in [0.25, 0.3) is 0 Å². The maximum atomic E-state index is 5.98. The van der Waals surface area contributed by atoms with Gasteiger partial charge in [0.2, 0.25) is 5.88 Å². The zero-order valence-electron chi connectivity index (χ0n) is 13.1. The molecule has 114 valence electrons. The highest BCUT2D eigenvalue weighted by molar-refractivity contribution is 5.37. The average molecular weight is 289 g/mol. The fourth-order valence-electron chi connectivity index (χ4n) is 2.12. The molecule has 0 unspecified atom stereocenters. The Labute approximate surface area is 125 Å². The Morgan fingerprint density at radius 3 is 2.48 bits per heavy atom. The molecule has 2 rings (SSSR count). The van der Waals surface area contributed by atoms with Crippen molar-refractivity contribution >= 4 is 0 Å². The molecule has 0 amide bonds. The summed E-state index contributed by atoms with van der Waals surface area (Å²) in [6, 6.07) is 7.67. The molecule has 1 N–H and O–H groups in total. The van der Waals surface area contributed by atoms with Crippen LogP contribution in [0.5, 0.6) is 17.4 Å². The van der Waals surface area contributed by atoms with E-state index in [1.165, 1.54) is 0 Å². The van der Waals surface area contributed by atoms with Crippen molar-refractivity contribution in [1.29, 1.82) is 0 Å². The minimum absolute atomic E-state index is 0.729. The Hall–Kier alpha value is -2.01. The van der Waals surface area contributed by atoms with E-state index >= 15 is 0 Å². The summed E-state index contributed by atoms with van der Waals surface area (Å²) < 4.78 is 13.3. The molecular formula is C16H23N3O2. The monoisotopic (exact) mass is 289 g/mol. The summed E-state index contributed by atoms with van der Waals surface area (Å²) in [4.78, 5) is 0. The van der Waals surface area contributed by atoms with Crippen molar-refractivity contribution < 1.29 is 9.47 Å². The molecule has 0 spiro atoms. The van der Waals surface area contributed by atoms with Crippen LogP contribution in [-0.4, -0.2) is 23.4 Å². The molecule has 21 heavy (non-hydrogen) atoms. The van der Waals surface area contributed by atoms with Crippen molar-refractivity contribution in [3.63, 3.8) is 0 Å². The van der Waals surface area contributed by atoms with Gasteiger partial charge in [-0.3, -0.25) is 0 Å². The molecule has 1 aromatic heterocycles. The zero-order chi connectivity index (χ0) is 15.2. The van der Waals surface area contributed by atoms with Gasteiger partial charge < -0.3 is 14.8 Å². The van der Waals surface area contributed by atoms with Gasteiger partial charge in [0.15, 0.2) is 0 Å². The van der Waals surface area contributed by atoms with E-state index in [2.05, 4.69) is 17.3 Å². The number of hydrogen-bond donors (Lipinski definition) is 1. The van der Waals surface area contributed by atoms with E-state index in [9.17, 15) is 0 Å². The molecule has 0 radical (unpaired) electrons. The molecule has 0 saturated heterocycles. The molecule has 5 nitrogen and oxygen atoms in total. The van der Waals surface area contributed by atoms with Crippen LogP contribution in [0.15, 0.2) is 24.3 Å². The average Bonchev–Trinajstić information content (AvgIpc) is 2.74. The number of ether oxygens (including phenoxy) is 2. The smallest absolute Gasteiger partial charge is 0.222 e. The number of aromatic nitrogens is 2. The van der Waals surface area contributed by atoms with Crippen LogP contribution in [0.4, 0.5) is 0 Å². The molecule has 0 atom stereocenters. The van der Waals surface area contributed by atoms with Gasteiger partial charge in [-0.25, -0.2) is 4.68 Å². The fraction of sp³-hybridized carbons (Fsp3) is 0.438. The highest BCUT2D eigenvalue weighted by Crippen LogP contribution is 2.28. The van der Waals surface area contributed by atoms with Crippen LogP contribution in [0.25, 0.3) is 0 Å². The van der Waals surface area contributed by atoms with E-state index in [4.69, 9.17) is 9.47 Å². The van der Waals surface area contributed by atoms with Gasteiger partial charge in [-0.2, -0.15) is 5.10 Å². The van der Waals surface area contributed by atoms with Gasteiger partial charge in [0, 0.05) is 13.6 Å². The van der Waals surface area contributed by atoms with Crippen molar-refractivity contribution in [2.45, 2.75) is 26.8 Å². The second-order valence-electron chi connectivity index (χ2n) is 4.94. The van der Waals surface area contributed by atoms with Crippen LogP contribution in [-0.2, 0) is 13.6 Å². The molecule has 0 fully saturated rings. The number of nitrogens with zero attached hydrogens (tertiary/aromatic N) is 2. The van der Waals surface area contributed by atoms with Gasteiger partial charge in [-0.1, -0.05) is 6.92 Å². The molecular weight excluding hydrogens is 266 g/mol. The molecule has 2 aromatic rings. The van der Waals surface area contributed by atoms with Gasteiger partial charge in [-0.05, 0) is 44.7 Å². The van der Waals surface area contributed by atoms with Crippen LogP contribution in [0.3, 0.4) is 0 Å². The predicted octanol–water partition coefficient (Wildman–Crippen LogP) is 3.03. The summed E-state index contributed by atoms with van der Waals surface area (Å²) in [6.45, 7) is 5.53. The highest BCUT2D eigenvalue weighted by Gasteiger charge is 2.14. The van der Waals surface area contributed by atoms with Crippen molar-refractivity contribution in [3.8, 4) is 17.4 Å². The van der Waals surface area contributed by atoms with Crippen molar-refractivity contribution in [3.05, 3.63) is 35.5 Å². The summed E-state index contributed by atoms with van der Waals surface area (Å²) >= 11 is 0. The van der Waals surface area contributed by atoms with E-state index in [0.717, 1.165) is 48.2 Å². The number of nitrogens with one attached hydrogen (secondary N) is 1. The van der Waals surface area contributed by atoms with E-state index in [1.54, 1.807) is 4.68 Å². The lowest BCUT2D eigenvalue weighted by Gasteiger charge is -2.10. The second-order valence-corrected chi connectivity index (χ2v) is 4.94. The maximum Gasteiger partial charge on any atom is 0.222 e. The molecule has 5 heteroatoms. The van der Waals surface area contributed by atoms with E-state index in [1.807, 2.05) is 45.3 Å². The van der Waals surface area contributed by atoms with E-state index in [0.29, 0.717) is 0 Å². The lowest BCUT2D eigenvalue weighted by atomic mass is 10.2. The Bertz CT molecular complexity index is 576. The lowest BCUT2D eigenvalue weighted by Crippen LogP contribution is -2.07. The molecule has 0 aliphatic heterocycles. The minimum Gasteiger partial charge on any atom is -0.494 e. The van der Waals surface area contributed by atoms with E-state index in [-0.39, 0.29) is 0 Å². The van der Waals surface area contributed by atoms with Crippen LogP contribution >= 0.6 is 0 Å². The first-order chi connectivity index (χ1) is 10.2. The predicted molar refractivity (Wildman–Crippen MR) is 83.0 cm³/mol. The summed E-state index contributed by atoms with van der Waals surface area (Å²) in [5.74, 6) is 2.41. The lowest BCUT2D eigenvalue weighted by molar-refractivity contribution is 0.317. The Morgan fingerprint density at radius 2 is 1.86 bits per heavy atom. The van der Waals surface area contributed by atoms with Crippen molar-refractivity contribution in [1.82, 2.24) is 15.1 Å². The van der Waals surface area contributed by atoms with Crippen LogP contribution in [0.1, 0.15) is 24.6 Å². The summed E-state index contributed by atoms with van der Waals surface area (Å²) in [7, 11) is 3.80. The largest absolute Gasteiger partial charge is 0.494 e. The quantitative estimate of drug-likeness (QED) is 0.851. The Morgan fingerprint density at radius 1 is 1.19 bits per heavy atom. The van der Waals surface area contributed by atoms with Gasteiger partial charge >= 0.3 is 0 Å². The first-order valence-electron chi connectivity index (χ1n) is 7.23. The summed E-state index contributed by atoms with van der Waals surface area (Å²) in [6.07, 6.45) is 1.000. The number of rotatable bonds is 7. The highest BCUT2D eigenvalue weighted by atomic mass is 16.5. The molecule has 0 bridgehead atoms. The first kappa shape index (κ1) is 15.4. The summed E-state index contributed by atoms with van der Waals surface area (Å²) in [5, 5.41) is 7.55. The number of aryl methyl sites for hydroxylation is 2. The van der Waals surface area contributed by atoms with Gasteiger partial charge in [-0.15, -0.1) is 0 Å². The number of hydrogen-bond acceptors (Lipinski definition) is 4. The van der Waals surface area contributed by atoms with Crippen LogP contribution < -0.4 is 14.8 Å². The molecule has 0 aliphatic rings. The third-order valence-electron chi connectivity index (χ3n) is 3.15. The normalized spacial score (nSPS) is 10.7. The Kier molecular flexibility index (Phi) is 5.22. The van der Waals surface area contributed by atoms with Crippen LogP contribution in [0.2, 0.25) is 0 Å². The fourth-order valence-corrected chi connectivity index (χ4v) is 2.12. The number of benzene rings is 1. The first-order valence-corrected chi connectivity index (χ1v) is 7.23. The zero-order valence-corrected chi connectivity index (χ0v) is 13.1. The van der Waals surface area contributed by atoms with Crippen LogP contribution in [0, 0.1) is 6.92 Å². The third-order valence-corrected chi connectivity index (χ3v) is 3.15. The molecule has 1 aromatic carbocycles. The molecule has 0 saturated carbocycles. The Balaban J connectivity index is 2.14. The summed E-state index contributed by atoms with van der Waals surface area (Å²) in [5.41, 5.74) is 2.05. The third kappa shape index (κ3) is 3.76. The van der Waals surface area contributed by atoms with E-state index < -0.39 is 0 Å². The molecule has 1 heterocycles. The van der Waals surface area contributed by atoms with Crippen molar-refractivity contribution in [2.75, 3.05) is 13.7 Å². The standard InChI is InChI=1S/C16H23N3O2/c1-5-10-20-13-6-8-14(9-7-13)21-16-15(11-17-3)12(2)18-19(16)4/h6-9,17H,5,10-11H2,1-4H3.